The number of nitriles is 1. The number of nitrogens with zero attached hydrogens (tertiary/aromatic N) is 1. The first-order valence-electron chi connectivity index (χ1n) is 3.47. The highest BCUT2D eigenvalue weighted by Crippen LogP contribution is 2.07. The SMILES string of the molecule is CC(=C=CC#N)CC(C)C. The number of hydrogen-bond acceptors (Lipinski definition) is 1. The monoisotopic (exact) mass is 135 g/mol. The highest BCUT2D eigenvalue weighted by atomic mass is 14.2. The molecule has 0 aromatic carbocycles. The molecule has 0 aliphatic heterocycles. The zero-order chi connectivity index (χ0) is 7.98. The number of rotatable bonds is 2. The van der Waals surface area contributed by atoms with Crippen molar-refractivity contribution >= 4 is 0 Å². The third-order valence-electron chi connectivity index (χ3n) is 1.10. The molecule has 0 spiro atoms. The lowest BCUT2D eigenvalue weighted by Gasteiger charge is -1.99. The van der Waals surface area contributed by atoms with Crippen LogP contribution in [-0.2, 0) is 0 Å². The summed E-state index contributed by atoms with van der Waals surface area (Å²) in [5, 5.41) is 8.17. The van der Waals surface area contributed by atoms with E-state index in [0.717, 1.165) is 12.0 Å². The van der Waals surface area contributed by atoms with Gasteiger partial charge in [0.25, 0.3) is 0 Å². The van der Waals surface area contributed by atoms with Gasteiger partial charge in [0.1, 0.15) is 0 Å². The Balaban J connectivity index is 3.98. The molecule has 0 unspecified atom stereocenters. The van der Waals surface area contributed by atoms with Gasteiger partial charge in [0.15, 0.2) is 0 Å². The molecule has 54 valence electrons. The maximum Gasteiger partial charge on any atom is 0.0996 e. The summed E-state index contributed by atoms with van der Waals surface area (Å²) in [4.78, 5) is 0. The van der Waals surface area contributed by atoms with E-state index in [1.54, 1.807) is 0 Å². The summed E-state index contributed by atoms with van der Waals surface area (Å²) in [6.45, 7) is 6.29. The lowest BCUT2D eigenvalue weighted by Crippen LogP contribution is -1.85. The summed E-state index contributed by atoms with van der Waals surface area (Å²) >= 11 is 0. The van der Waals surface area contributed by atoms with Crippen LogP contribution in [0.2, 0.25) is 0 Å². The van der Waals surface area contributed by atoms with Crippen LogP contribution < -0.4 is 0 Å². The fraction of sp³-hybridized carbons (Fsp3) is 0.556. The second-order valence-corrected chi connectivity index (χ2v) is 2.80. The normalized spacial score (nSPS) is 8.30. The van der Waals surface area contributed by atoms with Crippen molar-refractivity contribution in [3.05, 3.63) is 17.4 Å². The summed E-state index contributed by atoms with van der Waals surface area (Å²) in [5.74, 6) is 0.652. The Labute approximate surface area is 62.7 Å². The largest absolute Gasteiger partial charge is 0.192 e. The molecular formula is C9H13N. The van der Waals surface area contributed by atoms with E-state index >= 15 is 0 Å². The molecule has 0 saturated heterocycles. The molecule has 0 aromatic heterocycles. The molecule has 1 heteroatoms. The minimum absolute atomic E-state index is 0.652. The molecule has 0 fully saturated rings. The topological polar surface area (TPSA) is 23.8 Å². The first-order valence-corrected chi connectivity index (χ1v) is 3.47. The Morgan fingerprint density at radius 2 is 2.20 bits per heavy atom. The maximum absolute atomic E-state index is 8.17. The molecule has 0 radical (unpaired) electrons. The van der Waals surface area contributed by atoms with E-state index in [0.29, 0.717) is 5.92 Å². The number of allylic oxidation sites excluding steroid dienone is 1. The fourth-order valence-corrected chi connectivity index (χ4v) is 0.827. The molecule has 1 nitrogen and oxygen atoms in total. The quantitative estimate of drug-likeness (QED) is 0.422. The third-order valence-corrected chi connectivity index (χ3v) is 1.10. The molecule has 0 aliphatic rings. The average molecular weight is 135 g/mol. The highest BCUT2D eigenvalue weighted by molar-refractivity contribution is 5.07. The molecule has 0 heterocycles. The van der Waals surface area contributed by atoms with Gasteiger partial charge < -0.3 is 0 Å². The van der Waals surface area contributed by atoms with Gasteiger partial charge in [0.2, 0.25) is 0 Å². The Morgan fingerprint density at radius 3 is 2.60 bits per heavy atom. The molecular weight excluding hydrogens is 122 g/mol. The second kappa shape index (κ2) is 4.85. The van der Waals surface area contributed by atoms with Crippen molar-refractivity contribution in [3.63, 3.8) is 0 Å². The van der Waals surface area contributed by atoms with Crippen LogP contribution >= 0.6 is 0 Å². The lowest BCUT2D eigenvalue weighted by molar-refractivity contribution is 0.643. The smallest absolute Gasteiger partial charge is 0.0996 e. The van der Waals surface area contributed by atoms with Gasteiger partial charge in [-0.2, -0.15) is 5.26 Å². The molecule has 0 saturated carbocycles. The summed E-state index contributed by atoms with van der Waals surface area (Å²) in [6, 6.07) is 1.91. The highest BCUT2D eigenvalue weighted by Gasteiger charge is 1.92. The van der Waals surface area contributed by atoms with Crippen LogP contribution in [0, 0.1) is 17.2 Å². The Kier molecular flexibility index (Phi) is 4.37. The van der Waals surface area contributed by atoms with Gasteiger partial charge in [0.05, 0.1) is 12.1 Å². The second-order valence-electron chi connectivity index (χ2n) is 2.80. The van der Waals surface area contributed by atoms with Crippen molar-refractivity contribution in [1.29, 1.82) is 5.26 Å². The first-order chi connectivity index (χ1) is 4.66. The van der Waals surface area contributed by atoms with Crippen molar-refractivity contribution < 1.29 is 0 Å². The molecule has 0 rings (SSSR count). The van der Waals surface area contributed by atoms with Gasteiger partial charge in [-0.1, -0.05) is 13.8 Å². The summed E-state index contributed by atoms with van der Waals surface area (Å²) in [6.07, 6.45) is 2.43. The van der Waals surface area contributed by atoms with Crippen LogP contribution in [0.4, 0.5) is 0 Å². The fourth-order valence-electron chi connectivity index (χ4n) is 0.827. The van der Waals surface area contributed by atoms with Crippen LogP contribution in [0.1, 0.15) is 27.2 Å². The molecule has 10 heavy (non-hydrogen) atoms. The molecule has 0 N–H and O–H groups in total. The standard InChI is InChI=1S/C9H13N/c1-8(2)7-9(3)5-4-6-10/h4,8H,7H2,1-3H3. The van der Waals surface area contributed by atoms with Gasteiger partial charge in [-0.05, 0) is 24.8 Å². The van der Waals surface area contributed by atoms with Gasteiger partial charge >= 0.3 is 0 Å². The molecule has 0 amide bonds. The van der Waals surface area contributed by atoms with E-state index in [1.807, 2.05) is 13.0 Å². The van der Waals surface area contributed by atoms with E-state index in [2.05, 4.69) is 19.6 Å². The van der Waals surface area contributed by atoms with Crippen LogP contribution in [0.5, 0.6) is 0 Å². The zero-order valence-electron chi connectivity index (χ0n) is 6.81. The van der Waals surface area contributed by atoms with Gasteiger partial charge in [-0.25, -0.2) is 0 Å². The summed E-state index contributed by atoms with van der Waals surface area (Å²) in [5.41, 5.74) is 4.04. The molecule has 0 aromatic rings. The van der Waals surface area contributed by atoms with E-state index in [-0.39, 0.29) is 0 Å². The Bertz CT molecular complexity index is 187. The Morgan fingerprint density at radius 1 is 1.60 bits per heavy atom. The minimum Gasteiger partial charge on any atom is -0.192 e. The predicted octanol–water partition coefficient (Wildman–Crippen LogP) is 2.66. The van der Waals surface area contributed by atoms with Gasteiger partial charge in [0, 0.05) is 0 Å². The van der Waals surface area contributed by atoms with Crippen molar-refractivity contribution in [2.45, 2.75) is 27.2 Å². The Hall–Kier alpha value is -0.990. The maximum atomic E-state index is 8.17. The van der Waals surface area contributed by atoms with E-state index in [1.165, 1.54) is 6.08 Å². The average Bonchev–Trinajstić information content (AvgIpc) is 1.82. The minimum atomic E-state index is 0.652. The summed E-state index contributed by atoms with van der Waals surface area (Å²) in [7, 11) is 0. The van der Waals surface area contributed by atoms with Crippen molar-refractivity contribution in [3.8, 4) is 6.07 Å². The number of hydrogen-bond donors (Lipinski definition) is 0. The van der Waals surface area contributed by atoms with Gasteiger partial charge in [-0.3, -0.25) is 0 Å². The first kappa shape index (κ1) is 9.01. The van der Waals surface area contributed by atoms with E-state index < -0.39 is 0 Å². The third kappa shape index (κ3) is 5.15. The molecule has 0 bridgehead atoms. The van der Waals surface area contributed by atoms with Crippen LogP contribution in [0.3, 0.4) is 0 Å². The van der Waals surface area contributed by atoms with E-state index in [4.69, 9.17) is 5.26 Å². The van der Waals surface area contributed by atoms with E-state index in [9.17, 15) is 0 Å². The molecule has 0 atom stereocenters. The van der Waals surface area contributed by atoms with Gasteiger partial charge in [-0.15, -0.1) is 5.73 Å². The predicted molar refractivity (Wildman–Crippen MR) is 42.3 cm³/mol. The van der Waals surface area contributed by atoms with Crippen LogP contribution in [0.25, 0.3) is 0 Å². The van der Waals surface area contributed by atoms with Crippen molar-refractivity contribution in [1.82, 2.24) is 0 Å². The summed E-state index contributed by atoms with van der Waals surface area (Å²) < 4.78 is 0. The van der Waals surface area contributed by atoms with Crippen LogP contribution in [0.15, 0.2) is 17.4 Å². The zero-order valence-corrected chi connectivity index (χ0v) is 6.81. The molecule has 0 aliphatic carbocycles. The van der Waals surface area contributed by atoms with Crippen LogP contribution in [-0.4, -0.2) is 0 Å². The lowest BCUT2D eigenvalue weighted by atomic mass is 10.1. The van der Waals surface area contributed by atoms with Crippen molar-refractivity contribution in [2.24, 2.45) is 5.92 Å². The van der Waals surface area contributed by atoms with Crippen molar-refractivity contribution in [2.75, 3.05) is 0 Å².